The number of anilines is 2. The Morgan fingerprint density at radius 1 is 0.889 bits per heavy atom. The number of hydrogen-bond donors (Lipinski definition) is 2. The molecule has 0 aliphatic carbocycles. The fourth-order valence-electron chi connectivity index (χ4n) is 2.94. The molecule has 1 atom stereocenters. The van der Waals surface area contributed by atoms with Gasteiger partial charge in [0.2, 0.25) is 0 Å². The average molecular weight is 360 g/mol. The maximum absolute atomic E-state index is 13.2. The van der Waals surface area contributed by atoms with E-state index in [0.29, 0.717) is 5.75 Å². The van der Waals surface area contributed by atoms with Gasteiger partial charge in [0.05, 0.1) is 12.8 Å². The van der Waals surface area contributed by atoms with Crippen LogP contribution in [-0.4, -0.2) is 13.0 Å². The molecule has 0 bridgehead atoms. The minimum absolute atomic E-state index is 0.124. The van der Waals surface area contributed by atoms with Crippen LogP contribution in [0.25, 0.3) is 0 Å². The summed E-state index contributed by atoms with van der Waals surface area (Å²) in [6, 6.07) is 22.7. The van der Waals surface area contributed by atoms with Gasteiger partial charge in [-0.25, -0.2) is 0 Å². The van der Waals surface area contributed by atoms with Crippen molar-refractivity contribution in [3.63, 3.8) is 0 Å². The molecule has 3 aromatic carbocycles. The fraction of sp³-hybridized carbons (Fsp3) is 0.174. The number of nitrogens with one attached hydrogen (secondary N) is 2. The van der Waals surface area contributed by atoms with Crippen molar-refractivity contribution < 1.29 is 9.53 Å². The molecule has 2 N–H and O–H groups in total. The van der Waals surface area contributed by atoms with Crippen LogP contribution in [0.3, 0.4) is 0 Å². The minimum Gasteiger partial charge on any atom is -0.495 e. The first kappa shape index (κ1) is 18.5. The minimum atomic E-state index is -0.553. The number of aryl methyl sites for hydroxylation is 2. The van der Waals surface area contributed by atoms with Gasteiger partial charge in [-0.3, -0.25) is 4.79 Å². The van der Waals surface area contributed by atoms with E-state index in [1.54, 1.807) is 7.11 Å². The van der Waals surface area contributed by atoms with E-state index in [9.17, 15) is 4.79 Å². The van der Waals surface area contributed by atoms with Crippen molar-refractivity contribution in [2.45, 2.75) is 19.9 Å². The average Bonchev–Trinajstić information content (AvgIpc) is 2.69. The van der Waals surface area contributed by atoms with Gasteiger partial charge in [-0.2, -0.15) is 0 Å². The lowest BCUT2D eigenvalue weighted by atomic mass is 10.0. The van der Waals surface area contributed by atoms with Crippen molar-refractivity contribution >= 4 is 17.3 Å². The zero-order valence-corrected chi connectivity index (χ0v) is 15.8. The summed E-state index contributed by atoms with van der Waals surface area (Å²) in [5.74, 6) is 0.568. The highest BCUT2D eigenvalue weighted by Crippen LogP contribution is 2.29. The van der Waals surface area contributed by atoms with E-state index in [4.69, 9.17) is 4.74 Å². The fourth-order valence-corrected chi connectivity index (χ4v) is 2.94. The molecule has 4 heteroatoms. The lowest BCUT2D eigenvalue weighted by molar-refractivity contribution is -0.117. The van der Waals surface area contributed by atoms with Crippen LogP contribution < -0.4 is 15.4 Å². The Hall–Kier alpha value is -3.27. The van der Waals surface area contributed by atoms with Crippen LogP contribution in [0, 0.1) is 13.8 Å². The summed E-state index contributed by atoms with van der Waals surface area (Å²) in [5.41, 5.74) is 4.60. The second-order valence-electron chi connectivity index (χ2n) is 6.50. The monoisotopic (exact) mass is 360 g/mol. The lowest BCUT2D eigenvalue weighted by Crippen LogP contribution is -2.27. The number of carbonyl (C=O) groups is 1. The SMILES string of the molecule is COc1ccccc1N[C@H](C(=O)Nc1cc(C)ccc1C)c1ccccc1. The van der Waals surface area contributed by atoms with Gasteiger partial charge in [-0.1, -0.05) is 54.6 Å². The summed E-state index contributed by atoms with van der Waals surface area (Å²) < 4.78 is 5.42. The predicted octanol–water partition coefficient (Wildman–Crippen LogP) is 5.10. The van der Waals surface area contributed by atoms with Crippen LogP contribution in [0.5, 0.6) is 5.75 Å². The van der Waals surface area contributed by atoms with Crippen LogP contribution >= 0.6 is 0 Å². The molecule has 4 nitrogen and oxygen atoms in total. The smallest absolute Gasteiger partial charge is 0.251 e. The second-order valence-corrected chi connectivity index (χ2v) is 6.50. The highest BCUT2D eigenvalue weighted by Gasteiger charge is 2.22. The van der Waals surface area contributed by atoms with E-state index in [1.807, 2.05) is 86.6 Å². The molecule has 0 unspecified atom stereocenters. The zero-order valence-electron chi connectivity index (χ0n) is 15.8. The first-order chi connectivity index (χ1) is 13.1. The van der Waals surface area contributed by atoms with Crippen molar-refractivity contribution in [1.82, 2.24) is 0 Å². The third-order valence-electron chi connectivity index (χ3n) is 4.45. The summed E-state index contributed by atoms with van der Waals surface area (Å²) in [6.45, 7) is 4.00. The van der Waals surface area contributed by atoms with E-state index < -0.39 is 6.04 Å². The Balaban J connectivity index is 1.92. The summed E-state index contributed by atoms with van der Waals surface area (Å²) in [4.78, 5) is 13.2. The molecule has 0 aliphatic rings. The van der Waals surface area contributed by atoms with Crippen molar-refractivity contribution in [2.24, 2.45) is 0 Å². The van der Waals surface area contributed by atoms with Crippen molar-refractivity contribution in [1.29, 1.82) is 0 Å². The standard InChI is InChI=1S/C23H24N2O2/c1-16-13-14-17(2)20(15-16)25-23(26)22(18-9-5-4-6-10-18)24-19-11-7-8-12-21(19)27-3/h4-15,22,24H,1-3H3,(H,25,26)/t22-/m0/s1. The molecule has 0 saturated heterocycles. The lowest BCUT2D eigenvalue weighted by Gasteiger charge is -2.22. The van der Waals surface area contributed by atoms with Crippen LogP contribution in [0.2, 0.25) is 0 Å². The van der Waals surface area contributed by atoms with Crippen molar-refractivity contribution in [3.05, 3.63) is 89.5 Å². The molecule has 138 valence electrons. The number of carbonyl (C=O) groups excluding carboxylic acids is 1. The Morgan fingerprint density at radius 2 is 1.59 bits per heavy atom. The van der Waals surface area contributed by atoms with Gasteiger partial charge >= 0.3 is 0 Å². The Morgan fingerprint density at radius 3 is 2.33 bits per heavy atom. The number of ether oxygens (including phenoxy) is 1. The summed E-state index contributed by atoms with van der Waals surface area (Å²) >= 11 is 0. The molecule has 0 radical (unpaired) electrons. The summed E-state index contributed by atoms with van der Waals surface area (Å²) in [7, 11) is 1.62. The molecule has 0 fully saturated rings. The molecule has 3 rings (SSSR count). The van der Waals surface area contributed by atoms with E-state index in [1.165, 1.54) is 0 Å². The molecule has 0 saturated carbocycles. The van der Waals surface area contributed by atoms with Crippen LogP contribution in [-0.2, 0) is 4.79 Å². The first-order valence-corrected chi connectivity index (χ1v) is 8.91. The number of amides is 1. The van der Waals surface area contributed by atoms with Crippen LogP contribution in [0.1, 0.15) is 22.7 Å². The van der Waals surface area contributed by atoms with E-state index in [2.05, 4.69) is 10.6 Å². The highest BCUT2D eigenvalue weighted by molar-refractivity contribution is 5.98. The molecule has 27 heavy (non-hydrogen) atoms. The van der Waals surface area contributed by atoms with Gasteiger partial charge in [-0.15, -0.1) is 0 Å². The van der Waals surface area contributed by atoms with Gasteiger partial charge in [0.1, 0.15) is 11.8 Å². The Bertz CT molecular complexity index is 923. The molecule has 0 spiro atoms. The number of rotatable bonds is 6. The third-order valence-corrected chi connectivity index (χ3v) is 4.45. The molecular weight excluding hydrogens is 336 g/mol. The normalized spacial score (nSPS) is 11.5. The number of para-hydroxylation sites is 2. The Kier molecular flexibility index (Phi) is 5.77. The Labute approximate surface area is 160 Å². The largest absolute Gasteiger partial charge is 0.495 e. The van der Waals surface area contributed by atoms with Crippen molar-refractivity contribution in [2.75, 3.05) is 17.7 Å². The van der Waals surface area contributed by atoms with Gasteiger partial charge in [0.15, 0.2) is 0 Å². The maximum Gasteiger partial charge on any atom is 0.251 e. The van der Waals surface area contributed by atoms with Crippen molar-refractivity contribution in [3.8, 4) is 5.75 Å². The number of benzene rings is 3. The molecular formula is C23H24N2O2. The number of hydrogen-bond acceptors (Lipinski definition) is 3. The molecule has 0 heterocycles. The first-order valence-electron chi connectivity index (χ1n) is 8.91. The molecule has 0 aliphatic heterocycles. The van der Waals surface area contributed by atoms with Gasteiger partial charge in [-0.05, 0) is 48.7 Å². The van der Waals surface area contributed by atoms with Crippen LogP contribution in [0.15, 0.2) is 72.8 Å². The van der Waals surface area contributed by atoms with Crippen LogP contribution in [0.4, 0.5) is 11.4 Å². The quantitative estimate of drug-likeness (QED) is 0.643. The summed E-state index contributed by atoms with van der Waals surface area (Å²) in [5, 5.41) is 6.40. The zero-order chi connectivity index (χ0) is 19.2. The topological polar surface area (TPSA) is 50.4 Å². The van der Waals surface area contributed by atoms with E-state index in [0.717, 1.165) is 28.1 Å². The molecule has 3 aromatic rings. The summed E-state index contributed by atoms with van der Waals surface area (Å²) in [6.07, 6.45) is 0. The maximum atomic E-state index is 13.2. The predicted molar refractivity (Wildman–Crippen MR) is 110 cm³/mol. The third kappa shape index (κ3) is 4.47. The van der Waals surface area contributed by atoms with E-state index >= 15 is 0 Å². The van der Waals surface area contributed by atoms with Gasteiger partial charge in [0.25, 0.3) is 5.91 Å². The second kappa shape index (κ2) is 8.41. The van der Waals surface area contributed by atoms with E-state index in [-0.39, 0.29) is 5.91 Å². The number of methoxy groups -OCH3 is 1. The van der Waals surface area contributed by atoms with Gasteiger partial charge < -0.3 is 15.4 Å². The van der Waals surface area contributed by atoms with Gasteiger partial charge in [0, 0.05) is 5.69 Å². The molecule has 1 amide bonds. The molecule has 0 aromatic heterocycles. The highest BCUT2D eigenvalue weighted by atomic mass is 16.5.